The van der Waals surface area contributed by atoms with Gasteiger partial charge in [-0.15, -0.1) is 0 Å². The highest BCUT2D eigenvalue weighted by molar-refractivity contribution is 9.10. The summed E-state index contributed by atoms with van der Waals surface area (Å²) in [6.45, 7) is 7.82. The zero-order valence-corrected chi connectivity index (χ0v) is 16.5. The minimum absolute atomic E-state index is 0.0282. The molecular formula is C19H23BrN2O3. The van der Waals surface area contributed by atoms with E-state index in [0.717, 1.165) is 23.2 Å². The number of nitrogens with zero attached hydrogens (tertiary/aromatic N) is 1. The molecule has 5 nitrogen and oxygen atoms in total. The lowest BCUT2D eigenvalue weighted by Crippen LogP contribution is -2.43. The molecule has 25 heavy (non-hydrogen) atoms. The van der Waals surface area contributed by atoms with E-state index in [-0.39, 0.29) is 30.2 Å². The van der Waals surface area contributed by atoms with Crippen LogP contribution in [0.1, 0.15) is 41.9 Å². The van der Waals surface area contributed by atoms with Crippen LogP contribution in [-0.4, -0.2) is 29.3 Å². The van der Waals surface area contributed by atoms with E-state index in [9.17, 15) is 9.59 Å². The summed E-state index contributed by atoms with van der Waals surface area (Å²) >= 11 is 3.20. The Morgan fingerprint density at radius 2 is 1.96 bits per heavy atom. The largest absolute Gasteiger partial charge is 0.444 e. The number of furan rings is 1. The first-order chi connectivity index (χ1) is 11.8. The Labute approximate surface area is 156 Å². The van der Waals surface area contributed by atoms with Gasteiger partial charge in [0.15, 0.2) is 10.4 Å². The molecule has 1 atom stereocenters. The molecule has 1 aromatic heterocycles. The van der Waals surface area contributed by atoms with E-state index in [1.165, 1.54) is 4.90 Å². The van der Waals surface area contributed by atoms with Gasteiger partial charge in [0.05, 0.1) is 0 Å². The van der Waals surface area contributed by atoms with Gasteiger partial charge < -0.3 is 14.6 Å². The molecule has 0 saturated carbocycles. The number of aryl methyl sites for hydroxylation is 1. The first-order valence-corrected chi connectivity index (χ1v) is 9.05. The van der Waals surface area contributed by atoms with Gasteiger partial charge in [0.1, 0.15) is 6.54 Å². The fourth-order valence-corrected chi connectivity index (χ4v) is 2.76. The van der Waals surface area contributed by atoms with E-state index >= 15 is 0 Å². The first-order valence-electron chi connectivity index (χ1n) is 8.25. The summed E-state index contributed by atoms with van der Waals surface area (Å²) in [6.07, 6.45) is 0.740. The molecule has 0 aliphatic rings. The topological polar surface area (TPSA) is 62.6 Å². The molecule has 2 aromatic rings. The van der Waals surface area contributed by atoms with Crippen LogP contribution in [0, 0.1) is 13.8 Å². The van der Waals surface area contributed by atoms with E-state index in [1.54, 1.807) is 12.1 Å². The predicted octanol–water partition coefficient (Wildman–Crippen LogP) is 4.54. The van der Waals surface area contributed by atoms with Crippen LogP contribution in [-0.2, 0) is 4.79 Å². The maximum atomic E-state index is 12.7. The SMILES string of the molecule is CCC(C)N(CC(=O)Nc1cccc(C)c1C)C(=O)c1ccc(Br)o1. The molecule has 1 N–H and O–H groups in total. The molecule has 0 bridgehead atoms. The third-order valence-electron chi connectivity index (χ3n) is 4.36. The Bertz CT molecular complexity index is 770. The number of carbonyl (C=O) groups is 2. The maximum absolute atomic E-state index is 12.7. The van der Waals surface area contributed by atoms with Crippen molar-refractivity contribution in [2.75, 3.05) is 11.9 Å². The standard InChI is InChI=1S/C19H23BrN2O3/c1-5-13(3)22(19(24)16-9-10-17(20)25-16)11-18(23)21-15-8-6-7-12(2)14(15)4/h6-10,13H,5,11H2,1-4H3,(H,21,23). The predicted molar refractivity (Wildman–Crippen MR) is 102 cm³/mol. The maximum Gasteiger partial charge on any atom is 0.290 e. The number of amides is 2. The Morgan fingerprint density at radius 3 is 2.56 bits per heavy atom. The molecule has 1 heterocycles. The van der Waals surface area contributed by atoms with Crippen molar-refractivity contribution in [2.24, 2.45) is 0 Å². The van der Waals surface area contributed by atoms with Crippen LogP contribution in [0.3, 0.4) is 0 Å². The third-order valence-corrected chi connectivity index (χ3v) is 4.79. The van der Waals surface area contributed by atoms with Gasteiger partial charge in [-0.3, -0.25) is 9.59 Å². The lowest BCUT2D eigenvalue weighted by molar-refractivity contribution is -0.117. The van der Waals surface area contributed by atoms with Crippen LogP contribution < -0.4 is 5.32 Å². The molecule has 0 saturated heterocycles. The van der Waals surface area contributed by atoms with Crippen LogP contribution in [0.4, 0.5) is 5.69 Å². The van der Waals surface area contributed by atoms with Crippen molar-refractivity contribution in [1.82, 2.24) is 4.90 Å². The van der Waals surface area contributed by atoms with Crippen LogP contribution in [0.25, 0.3) is 0 Å². The fourth-order valence-electron chi connectivity index (χ4n) is 2.45. The summed E-state index contributed by atoms with van der Waals surface area (Å²) in [4.78, 5) is 26.7. The second kappa shape index (κ2) is 8.34. The average molecular weight is 407 g/mol. The van der Waals surface area contributed by atoms with Crippen molar-refractivity contribution in [3.05, 3.63) is 51.9 Å². The number of anilines is 1. The molecule has 1 unspecified atom stereocenters. The van der Waals surface area contributed by atoms with Crippen molar-refractivity contribution in [3.8, 4) is 0 Å². The second-order valence-corrected chi connectivity index (χ2v) is 6.87. The number of carbonyl (C=O) groups excluding carboxylic acids is 2. The molecule has 0 spiro atoms. The van der Waals surface area contributed by atoms with Gasteiger partial charge in [-0.05, 0) is 72.4 Å². The third kappa shape index (κ3) is 4.72. The molecule has 2 amide bonds. The number of benzene rings is 1. The Hall–Kier alpha value is -2.08. The zero-order valence-electron chi connectivity index (χ0n) is 14.9. The molecule has 1 aromatic carbocycles. The quantitative estimate of drug-likeness (QED) is 0.765. The van der Waals surface area contributed by atoms with Gasteiger partial charge in [0, 0.05) is 11.7 Å². The van der Waals surface area contributed by atoms with Gasteiger partial charge in [0.2, 0.25) is 5.91 Å². The summed E-state index contributed by atoms with van der Waals surface area (Å²) < 4.78 is 5.84. The van der Waals surface area contributed by atoms with Crippen molar-refractivity contribution >= 4 is 33.4 Å². The van der Waals surface area contributed by atoms with E-state index in [1.807, 2.05) is 45.9 Å². The normalized spacial score (nSPS) is 11.9. The lowest BCUT2D eigenvalue weighted by Gasteiger charge is -2.27. The Kier molecular flexibility index (Phi) is 6.42. The summed E-state index contributed by atoms with van der Waals surface area (Å²) in [7, 11) is 0. The van der Waals surface area contributed by atoms with Crippen molar-refractivity contribution in [2.45, 2.75) is 40.2 Å². The van der Waals surface area contributed by atoms with E-state index in [4.69, 9.17) is 4.42 Å². The molecule has 0 aliphatic heterocycles. The minimum Gasteiger partial charge on any atom is -0.444 e. The molecule has 6 heteroatoms. The highest BCUT2D eigenvalue weighted by Crippen LogP contribution is 2.20. The van der Waals surface area contributed by atoms with Gasteiger partial charge >= 0.3 is 0 Å². The van der Waals surface area contributed by atoms with Crippen LogP contribution in [0.15, 0.2) is 39.4 Å². The molecular weight excluding hydrogens is 384 g/mol. The van der Waals surface area contributed by atoms with Crippen LogP contribution >= 0.6 is 15.9 Å². The Balaban J connectivity index is 2.15. The summed E-state index contributed by atoms with van der Waals surface area (Å²) in [5.74, 6) is -0.309. The van der Waals surface area contributed by atoms with Gasteiger partial charge in [-0.2, -0.15) is 0 Å². The lowest BCUT2D eigenvalue weighted by atomic mass is 10.1. The number of nitrogens with one attached hydrogen (secondary N) is 1. The monoisotopic (exact) mass is 406 g/mol. The smallest absolute Gasteiger partial charge is 0.290 e. The van der Waals surface area contributed by atoms with Crippen LogP contribution in [0.2, 0.25) is 0 Å². The highest BCUT2D eigenvalue weighted by Gasteiger charge is 2.25. The molecule has 2 rings (SSSR count). The van der Waals surface area contributed by atoms with Gasteiger partial charge in [-0.25, -0.2) is 0 Å². The number of hydrogen-bond donors (Lipinski definition) is 1. The highest BCUT2D eigenvalue weighted by atomic mass is 79.9. The number of rotatable bonds is 6. The molecule has 0 fully saturated rings. The van der Waals surface area contributed by atoms with Crippen molar-refractivity contribution in [3.63, 3.8) is 0 Å². The second-order valence-electron chi connectivity index (χ2n) is 6.09. The fraction of sp³-hybridized carbons (Fsp3) is 0.368. The first kappa shape index (κ1) is 19.2. The molecule has 134 valence electrons. The Morgan fingerprint density at radius 1 is 1.24 bits per heavy atom. The van der Waals surface area contributed by atoms with Crippen LogP contribution in [0.5, 0.6) is 0 Å². The molecule has 0 aliphatic carbocycles. The van der Waals surface area contributed by atoms with E-state index in [0.29, 0.717) is 4.67 Å². The summed E-state index contributed by atoms with van der Waals surface area (Å²) in [5, 5.41) is 2.90. The number of hydrogen-bond acceptors (Lipinski definition) is 3. The summed E-state index contributed by atoms with van der Waals surface area (Å²) in [5.41, 5.74) is 2.89. The van der Waals surface area contributed by atoms with Gasteiger partial charge in [-0.1, -0.05) is 19.1 Å². The van der Waals surface area contributed by atoms with Crippen molar-refractivity contribution in [1.29, 1.82) is 0 Å². The average Bonchev–Trinajstić information content (AvgIpc) is 3.02. The van der Waals surface area contributed by atoms with Crippen molar-refractivity contribution < 1.29 is 14.0 Å². The minimum atomic E-state index is -0.295. The van der Waals surface area contributed by atoms with Gasteiger partial charge in [0.25, 0.3) is 5.91 Å². The van der Waals surface area contributed by atoms with E-state index < -0.39 is 0 Å². The molecule has 0 radical (unpaired) electrons. The summed E-state index contributed by atoms with van der Waals surface area (Å²) in [6, 6.07) is 8.94. The van der Waals surface area contributed by atoms with E-state index in [2.05, 4.69) is 21.2 Å². The number of halogens is 1. The zero-order chi connectivity index (χ0) is 18.6.